The number of benzene rings is 1. The molecular weight excluding hydrogens is 376 g/mol. The number of rotatable bonds is 3. The third-order valence-electron chi connectivity index (χ3n) is 2.08. The highest BCUT2D eigenvalue weighted by atomic mass is 79.9. The number of hydrogen-bond acceptors (Lipinski definition) is 2. The molecule has 1 heterocycles. The van der Waals surface area contributed by atoms with Crippen LogP contribution in [0.5, 0.6) is 0 Å². The monoisotopic (exact) mass is 381 g/mol. The van der Waals surface area contributed by atoms with Crippen LogP contribution in [0.4, 0.5) is 14.5 Å². The van der Waals surface area contributed by atoms with E-state index in [0.29, 0.717) is 12.2 Å². The quantitative estimate of drug-likeness (QED) is 0.772. The first kappa shape index (κ1) is 13.0. The Balaban J connectivity index is 2.04. The molecule has 0 fully saturated rings. The maximum Gasteiger partial charge on any atom is 0.160 e. The molecule has 0 aliphatic heterocycles. The number of hydrogen-bond donors (Lipinski definition) is 1. The molecule has 6 heteroatoms. The summed E-state index contributed by atoms with van der Waals surface area (Å²) in [6, 6.07) is 5.74. The molecule has 0 spiro atoms. The summed E-state index contributed by atoms with van der Waals surface area (Å²) in [5.74, 6) is -1.68. The molecule has 1 aromatic heterocycles. The van der Waals surface area contributed by atoms with Crippen LogP contribution < -0.4 is 5.32 Å². The average Bonchev–Trinajstić information content (AvgIpc) is 2.60. The second-order valence-corrected chi connectivity index (χ2v) is 6.63. The van der Waals surface area contributed by atoms with Gasteiger partial charge in [-0.3, -0.25) is 0 Å². The van der Waals surface area contributed by atoms with E-state index in [2.05, 4.69) is 37.2 Å². The lowest BCUT2D eigenvalue weighted by atomic mass is 10.3. The van der Waals surface area contributed by atoms with Crippen molar-refractivity contribution in [3.05, 3.63) is 49.0 Å². The first-order valence-electron chi connectivity index (χ1n) is 4.69. The largest absolute Gasteiger partial charge is 0.380 e. The van der Waals surface area contributed by atoms with Crippen molar-refractivity contribution in [2.45, 2.75) is 6.54 Å². The van der Waals surface area contributed by atoms with E-state index < -0.39 is 11.6 Å². The molecule has 90 valence electrons. The van der Waals surface area contributed by atoms with Gasteiger partial charge in [0, 0.05) is 27.6 Å². The summed E-state index contributed by atoms with van der Waals surface area (Å²) in [7, 11) is 0. The summed E-state index contributed by atoms with van der Waals surface area (Å²) in [4.78, 5) is 1.09. The van der Waals surface area contributed by atoms with Crippen LogP contribution in [-0.4, -0.2) is 0 Å². The van der Waals surface area contributed by atoms with Crippen molar-refractivity contribution in [1.82, 2.24) is 0 Å². The van der Waals surface area contributed by atoms with Gasteiger partial charge in [0.25, 0.3) is 0 Å². The summed E-state index contributed by atoms with van der Waals surface area (Å²) in [5, 5.41) is 3.03. The Morgan fingerprint density at radius 2 is 1.88 bits per heavy atom. The van der Waals surface area contributed by atoms with Crippen molar-refractivity contribution in [3.8, 4) is 0 Å². The summed E-state index contributed by atoms with van der Waals surface area (Å²) >= 11 is 8.37. The zero-order chi connectivity index (χ0) is 12.4. The van der Waals surface area contributed by atoms with Crippen LogP contribution in [0.15, 0.2) is 32.5 Å². The zero-order valence-electron chi connectivity index (χ0n) is 8.44. The van der Waals surface area contributed by atoms with Gasteiger partial charge in [-0.2, -0.15) is 0 Å². The maximum absolute atomic E-state index is 12.9. The Bertz CT molecular complexity index is 523. The van der Waals surface area contributed by atoms with Crippen molar-refractivity contribution < 1.29 is 8.78 Å². The lowest BCUT2D eigenvalue weighted by Gasteiger charge is -2.04. The van der Waals surface area contributed by atoms with E-state index in [1.165, 1.54) is 6.07 Å². The summed E-state index contributed by atoms with van der Waals surface area (Å²) in [5.41, 5.74) is 0.560. The molecular formula is C11H7Br2F2NS. The number of thiophene rings is 1. The van der Waals surface area contributed by atoms with Crippen LogP contribution in [0, 0.1) is 11.6 Å². The van der Waals surface area contributed by atoms with Gasteiger partial charge < -0.3 is 5.32 Å². The Labute approximate surface area is 118 Å². The van der Waals surface area contributed by atoms with E-state index in [0.717, 1.165) is 25.3 Å². The smallest absolute Gasteiger partial charge is 0.160 e. The molecule has 0 aliphatic carbocycles. The lowest BCUT2D eigenvalue weighted by Crippen LogP contribution is -1.98. The number of halogens is 4. The minimum absolute atomic E-state index is 0.560. The fourth-order valence-corrected chi connectivity index (χ4v) is 3.39. The summed E-state index contributed by atoms with van der Waals surface area (Å²) in [6.07, 6.45) is 0. The topological polar surface area (TPSA) is 12.0 Å². The van der Waals surface area contributed by atoms with Gasteiger partial charge in [0.2, 0.25) is 0 Å². The van der Waals surface area contributed by atoms with Crippen LogP contribution in [0.2, 0.25) is 0 Å². The highest BCUT2D eigenvalue weighted by Crippen LogP contribution is 2.32. The van der Waals surface area contributed by atoms with E-state index in [4.69, 9.17) is 0 Å². The Hall–Kier alpha value is -0.460. The first-order chi connectivity index (χ1) is 8.06. The molecule has 0 unspecified atom stereocenters. The molecule has 1 nitrogen and oxygen atoms in total. The fraction of sp³-hybridized carbons (Fsp3) is 0.0909. The minimum atomic E-state index is -0.844. The van der Waals surface area contributed by atoms with Crippen LogP contribution in [-0.2, 0) is 6.54 Å². The van der Waals surface area contributed by atoms with E-state index in [1.54, 1.807) is 11.3 Å². The average molecular weight is 383 g/mol. The van der Waals surface area contributed by atoms with Gasteiger partial charge >= 0.3 is 0 Å². The van der Waals surface area contributed by atoms with Crippen molar-refractivity contribution in [1.29, 1.82) is 0 Å². The molecule has 17 heavy (non-hydrogen) atoms. The Morgan fingerprint density at radius 1 is 1.12 bits per heavy atom. The molecule has 0 bridgehead atoms. The predicted molar refractivity (Wildman–Crippen MR) is 73.4 cm³/mol. The lowest BCUT2D eigenvalue weighted by molar-refractivity contribution is 0.509. The van der Waals surface area contributed by atoms with Gasteiger partial charge in [-0.1, -0.05) is 0 Å². The van der Waals surface area contributed by atoms with Gasteiger partial charge in [0.05, 0.1) is 3.79 Å². The molecule has 2 aromatic rings. The SMILES string of the molecule is Fc1ccc(NCc2cc(Br)c(Br)s2)cc1F. The number of anilines is 1. The van der Waals surface area contributed by atoms with E-state index in [-0.39, 0.29) is 0 Å². The zero-order valence-corrected chi connectivity index (χ0v) is 12.4. The van der Waals surface area contributed by atoms with Crippen molar-refractivity contribution in [2.24, 2.45) is 0 Å². The molecule has 1 aromatic carbocycles. The molecule has 0 atom stereocenters. The molecule has 0 amide bonds. The van der Waals surface area contributed by atoms with Gasteiger partial charge in [-0.05, 0) is 50.1 Å². The third-order valence-corrected chi connectivity index (χ3v) is 5.34. The molecule has 0 saturated carbocycles. The maximum atomic E-state index is 12.9. The minimum Gasteiger partial charge on any atom is -0.380 e. The van der Waals surface area contributed by atoms with Crippen molar-refractivity contribution in [3.63, 3.8) is 0 Å². The van der Waals surface area contributed by atoms with Gasteiger partial charge in [-0.25, -0.2) is 8.78 Å². The fourth-order valence-electron chi connectivity index (χ4n) is 1.27. The number of nitrogens with one attached hydrogen (secondary N) is 1. The standard InChI is InChI=1S/C11H7Br2F2NS/c12-8-4-7(17-11(8)13)5-16-6-1-2-9(14)10(15)3-6/h1-4,16H,5H2. The molecule has 0 aliphatic rings. The van der Waals surface area contributed by atoms with E-state index in [9.17, 15) is 8.78 Å². The van der Waals surface area contributed by atoms with Crippen molar-refractivity contribution >= 4 is 48.9 Å². The van der Waals surface area contributed by atoms with Crippen LogP contribution in [0.3, 0.4) is 0 Å². The highest BCUT2D eigenvalue weighted by molar-refractivity contribution is 9.13. The van der Waals surface area contributed by atoms with E-state index in [1.807, 2.05) is 6.07 Å². The molecule has 0 radical (unpaired) electrons. The van der Waals surface area contributed by atoms with Crippen LogP contribution in [0.25, 0.3) is 0 Å². The highest BCUT2D eigenvalue weighted by Gasteiger charge is 2.05. The Morgan fingerprint density at radius 3 is 2.47 bits per heavy atom. The van der Waals surface area contributed by atoms with Gasteiger partial charge in [0.15, 0.2) is 11.6 Å². The summed E-state index contributed by atoms with van der Waals surface area (Å²) < 4.78 is 27.7. The normalized spacial score (nSPS) is 10.6. The molecule has 2 rings (SSSR count). The molecule has 0 saturated heterocycles. The van der Waals surface area contributed by atoms with Crippen molar-refractivity contribution in [2.75, 3.05) is 5.32 Å². The van der Waals surface area contributed by atoms with E-state index >= 15 is 0 Å². The second-order valence-electron chi connectivity index (χ2n) is 3.32. The second kappa shape index (κ2) is 5.46. The Kier molecular flexibility index (Phi) is 4.17. The first-order valence-corrected chi connectivity index (χ1v) is 7.09. The van der Waals surface area contributed by atoms with Gasteiger partial charge in [0.1, 0.15) is 0 Å². The predicted octanol–water partition coefficient (Wildman–Crippen LogP) is 5.16. The van der Waals surface area contributed by atoms with Crippen LogP contribution in [0.1, 0.15) is 4.88 Å². The summed E-state index contributed by atoms with van der Waals surface area (Å²) in [6.45, 7) is 0.569. The third kappa shape index (κ3) is 3.26. The molecule has 1 N–H and O–H groups in total. The van der Waals surface area contributed by atoms with Gasteiger partial charge in [-0.15, -0.1) is 11.3 Å². The van der Waals surface area contributed by atoms with Crippen LogP contribution >= 0.6 is 43.2 Å².